The Hall–Kier alpha value is -0.770. The molecule has 1 aromatic carbocycles. The summed E-state index contributed by atoms with van der Waals surface area (Å²) in [7, 11) is 1.40. The Morgan fingerprint density at radius 3 is 2.64 bits per heavy atom. The van der Waals surface area contributed by atoms with Gasteiger partial charge in [0.25, 0.3) is 0 Å². The molecule has 0 saturated heterocycles. The van der Waals surface area contributed by atoms with E-state index in [1.54, 1.807) is 12.1 Å². The third-order valence-corrected chi connectivity index (χ3v) is 1.75. The van der Waals surface area contributed by atoms with Crippen LogP contribution < -0.4 is 5.06 Å². The highest BCUT2D eigenvalue weighted by molar-refractivity contribution is 6.34. The molecule has 0 saturated carbocycles. The normalized spacial score (nSPS) is 13.0. The van der Waals surface area contributed by atoms with Gasteiger partial charge in [-0.25, -0.2) is 0 Å². The fraction of sp³-hybridized carbons (Fsp3) is 0.143. The van der Waals surface area contributed by atoms with Crippen LogP contribution in [0.15, 0.2) is 18.2 Å². The lowest BCUT2D eigenvalue weighted by atomic mass is 10.3. The predicted molar refractivity (Wildman–Crippen MR) is 43.0 cm³/mol. The van der Waals surface area contributed by atoms with E-state index in [0.717, 1.165) is 0 Å². The van der Waals surface area contributed by atoms with E-state index in [9.17, 15) is 5.21 Å². The number of rotatable bonds is 1. The number of hydroxylamine groups is 1. The fourth-order valence-corrected chi connectivity index (χ4v) is 1.05. The molecule has 3 nitrogen and oxygen atoms in total. The van der Waals surface area contributed by atoms with Gasteiger partial charge in [0.1, 0.15) is 10.8 Å². The maximum absolute atomic E-state index is 10.8. The second-order valence-electron chi connectivity index (χ2n) is 2.19. The highest BCUT2D eigenvalue weighted by Crippen LogP contribution is 2.27. The van der Waals surface area contributed by atoms with E-state index in [-0.39, 0.29) is 15.8 Å². The van der Waals surface area contributed by atoms with Crippen molar-refractivity contribution in [3.63, 3.8) is 0 Å². The number of aromatic hydroxyl groups is 1. The van der Waals surface area contributed by atoms with Gasteiger partial charge in [-0.2, -0.15) is 0 Å². The molecule has 1 atom stereocenters. The minimum atomic E-state index is -0.147. The number of phenolic OH excluding ortho intramolecular Hbond substituents is 1. The third kappa shape index (κ3) is 1.63. The summed E-state index contributed by atoms with van der Waals surface area (Å²) in [6.07, 6.45) is 0. The fourth-order valence-electron chi connectivity index (χ4n) is 0.792. The smallest absolute Gasteiger partial charge is 0.153 e. The first kappa shape index (κ1) is 8.33. The molecular weight excluding hydrogens is 166 g/mol. The van der Waals surface area contributed by atoms with E-state index < -0.39 is 0 Å². The van der Waals surface area contributed by atoms with Crippen LogP contribution in [0.2, 0.25) is 5.02 Å². The van der Waals surface area contributed by atoms with E-state index in [1.807, 2.05) is 0 Å². The minimum Gasteiger partial charge on any atom is -0.629 e. The number of benzene rings is 1. The lowest BCUT2D eigenvalue weighted by Crippen LogP contribution is -2.98. The molecule has 60 valence electrons. The van der Waals surface area contributed by atoms with E-state index >= 15 is 0 Å². The molecule has 11 heavy (non-hydrogen) atoms. The second kappa shape index (κ2) is 3.09. The summed E-state index contributed by atoms with van der Waals surface area (Å²) in [5, 5.41) is 19.9. The molecule has 0 fully saturated rings. The van der Waals surface area contributed by atoms with Crippen LogP contribution in [0.5, 0.6) is 5.75 Å². The summed E-state index contributed by atoms with van der Waals surface area (Å²) < 4.78 is 0. The lowest BCUT2D eigenvalue weighted by Gasteiger charge is -2.16. The molecule has 0 aliphatic carbocycles. The van der Waals surface area contributed by atoms with Crippen LogP contribution in [-0.4, -0.2) is 12.2 Å². The number of hydrogen-bond donors (Lipinski definition) is 2. The molecule has 0 spiro atoms. The van der Waals surface area contributed by atoms with E-state index in [4.69, 9.17) is 16.7 Å². The summed E-state index contributed by atoms with van der Waals surface area (Å²) in [6.45, 7) is 0. The van der Waals surface area contributed by atoms with Crippen LogP contribution in [0.25, 0.3) is 0 Å². The second-order valence-corrected chi connectivity index (χ2v) is 2.57. The highest BCUT2D eigenvalue weighted by Gasteiger charge is 2.07. The first-order chi connectivity index (χ1) is 5.13. The topological polar surface area (TPSA) is 47.7 Å². The summed E-state index contributed by atoms with van der Waals surface area (Å²) in [6, 6.07) is 4.59. The Kier molecular flexibility index (Phi) is 2.34. The van der Waals surface area contributed by atoms with Gasteiger partial charge in [-0.15, -0.1) is 0 Å². The Balaban J connectivity index is 3.17. The van der Waals surface area contributed by atoms with E-state index in [0.29, 0.717) is 5.69 Å². The van der Waals surface area contributed by atoms with Crippen LogP contribution >= 0.6 is 11.6 Å². The Morgan fingerprint density at radius 1 is 1.55 bits per heavy atom. The molecule has 0 aromatic heterocycles. The number of halogens is 1. The average molecular weight is 174 g/mol. The van der Waals surface area contributed by atoms with Crippen molar-refractivity contribution >= 4 is 17.3 Å². The van der Waals surface area contributed by atoms with Crippen molar-refractivity contribution in [2.24, 2.45) is 0 Å². The number of hydrogen-bond acceptors (Lipinski definition) is 2. The Bertz CT molecular complexity index is 263. The molecule has 0 bridgehead atoms. The van der Waals surface area contributed by atoms with Gasteiger partial charge in [-0.1, -0.05) is 17.7 Å². The summed E-state index contributed by atoms with van der Waals surface area (Å²) in [4.78, 5) is 0. The zero-order valence-electron chi connectivity index (χ0n) is 5.97. The van der Waals surface area contributed by atoms with E-state index in [2.05, 4.69) is 0 Å². The van der Waals surface area contributed by atoms with Gasteiger partial charge in [0.15, 0.2) is 5.69 Å². The van der Waals surface area contributed by atoms with Crippen molar-refractivity contribution < 1.29 is 10.2 Å². The predicted octanol–water partition coefficient (Wildman–Crippen LogP) is 0.690. The number of phenols is 1. The minimum absolute atomic E-state index is 0.0561. The Morgan fingerprint density at radius 2 is 2.18 bits per heavy atom. The van der Waals surface area contributed by atoms with E-state index in [1.165, 1.54) is 13.1 Å². The molecular formula is C7H8ClNO2. The van der Waals surface area contributed by atoms with Crippen molar-refractivity contribution in [3.05, 3.63) is 28.4 Å². The molecule has 2 N–H and O–H groups in total. The van der Waals surface area contributed by atoms with Crippen molar-refractivity contribution in [2.45, 2.75) is 0 Å². The molecule has 0 aliphatic rings. The van der Waals surface area contributed by atoms with Crippen molar-refractivity contribution in [1.29, 1.82) is 0 Å². The first-order valence-corrected chi connectivity index (χ1v) is 3.49. The first-order valence-electron chi connectivity index (χ1n) is 3.11. The summed E-state index contributed by atoms with van der Waals surface area (Å²) in [5.41, 5.74) is 0.353. The average Bonchev–Trinajstić information content (AvgIpc) is 1.94. The van der Waals surface area contributed by atoms with Gasteiger partial charge < -0.3 is 15.4 Å². The van der Waals surface area contributed by atoms with Gasteiger partial charge in [0, 0.05) is 6.07 Å². The monoisotopic (exact) mass is 173 g/mol. The van der Waals surface area contributed by atoms with Crippen LogP contribution in [0, 0.1) is 5.21 Å². The van der Waals surface area contributed by atoms with Crippen LogP contribution in [0.1, 0.15) is 0 Å². The Labute approximate surface area is 69.4 Å². The van der Waals surface area contributed by atoms with Gasteiger partial charge in [-0.3, -0.25) is 0 Å². The zero-order chi connectivity index (χ0) is 8.43. The number of nitrogens with one attached hydrogen (secondary N) is 1. The van der Waals surface area contributed by atoms with Crippen LogP contribution in [0.4, 0.5) is 5.69 Å². The van der Waals surface area contributed by atoms with Gasteiger partial charge in [0.05, 0.1) is 7.05 Å². The molecule has 4 heteroatoms. The third-order valence-electron chi connectivity index (χ3n) is 1.36. The summed E-state index contributed by atoms with van der Waals surface area (Å²) >= 11 is 5.62. The molecule has 1 rings (SSSR count). The zero-order valence-corrected chi connectivity index (χ0v) is 6.72. The van der Waals surface area contributed by atoms with Gasteiger partial charge in [-0.05, 0) is 6.07 Å². The van der Waals surface area contributed by atoms with Crippen molar-refractivity contribution in [3.8, 4) is 5.75 Å². The van der Waals surface area contributed by atoms with Crippen LogP contribution in [-0.2, 0) is 0 Å². The number of quaternary nitrogens is 1. The summed E-state index contributed by atoms with van der Waals surface area (Å²) in [5.74, 6) is -0.0561. The molecule has 0 radical (unpaired) electrons. The van der Waals surface area contributed by atoms with Gasteiger partial charge >= 0.3 is 0 Å². The maximum Gasteiger partial charge on any atom is 0.153 e. The standard InChI is InChI=1S/C7H8ClNO2/c1-9(11)5-3-2-4-6(10)7(5)8/h2-4,9-10H,1H3. The maximum atomic E-state index is 10.8. The largest absolute Gasteiger partial charge is 0.629 e. The molecule has 1 unspecified atom stereocenters. The van der Waals surface area contributed by atoms with Crippen LogP contribution in [0.3, 0.4) is 0 Å². The van der Waals surface area contributed by atoms with Crippen molar-refractivity contribution in [2.75, 3.05) is 7.05 Å². The lowest BCUT2D eigenvalue weighted by molar-refractivity contribution is -0.751. The molecule has 0 aliphatic heterocycles. The quantitative estimate of drug-likeness (QED) is 0.614. The molecule has 0 heterocycles. The SMILES string of the molecule is C[NH+]([O-])c1cccc(O)c1Cl. The highest BCUT2D eigenvalue weighted by atomic mass is 35.5. The molecule has 1 aromatic rings. The molecule has 0 amide bonds. The van der Waals surface area contributed by atoms with Gasteiger partial charge in [0.2, 0.25) is 0 Å². The van der Waals surface area contributed by atoms with Crippen molar-refractivity contribution in [1.82, 2.24) is 0 Å².